The van der Waals surface area contributed by atoms with E-state index >= 15 is 0 Å². The molecule has 2 rings (SSSR count). The lowest BCUT2D eigenvalue weighted by Gasteiger charge is -1.99. The maximum atomic E-state index is 8.55. The molecule has 0 spiro atoms. The summed E-state index contributed by atoms with van der Waals surface area (Å²) >= 11 is 0. The first-order valence-electron chi connectivity index (χ1n) is 3.96. The van der Waals surface area contributed by atoms with E-state index in [1.165, 1.54) is 0 Å². The fraction of sp³-hybridized carbons (Fsp3) is 0.125. The molecule has 0 amide bonds. The number of hydrogen-bond acceptors (Lipinski definition) is 3. The minimum atomic E-state index is -0.300. The SMILES string of the molecule is Cn1cc2cc(OBO)ccc2n1. The van der Waals surface area contributed by atoms with Crippen LogP contribution in [-0.4, -0.2) is 22.5 Å². The van der Waals surface area contributed by atoms with E-state index in [-0.39, 0.29) is 7.69 Å². The Hall–Kier alpha value is -1.49. The van der Waals surface area contributed by atoms with E-state index in [9.17, 15) is 0 Å². The lowest BCUT2D eigenvalue weighted by atomic mass is 10.2. The topological polar surface area (TPSA) is 47.3 Å². The van der Waals surface area contributed by atoms with E-state index in [1.54, 1.807) is 10.7 Å². The second-order valence-corrected chi connectivity index (χ2v) is 2.80. The van der Waals surface area contributed by atoms with Gasteiger partial charge in [-0.15, -0.1) is 0 Å². The lowest BCUT2D eigenvalue weighted by molar-refractivity contribution is 0.454. The van der Waals surface area contributed by atoms with Gasteiger partial charge in [-0.1, -0.05) is 0 Å². The molecule has 1 aromatic carbocycles. The molecule has 0 fully saturated rings. The molecule has 2 aromatic rings. The van der Waals surface area contributed by atoms with Gasteiger partial charge in [0.1, 0.15) is 5.75 Å². The van der Waals surface area contributed by atoms with Gasteiger partial charge in [-0.2, -0.15) is 5.10 Å². The summed E-state index contributed by atoms with van der Waals surface area (Å²) in [4.78, 5) is 0. The molecular weight excluding hydrogens is 167 g/mol. The van der Waals surface area contributed by atoms with Crippen LogP contribution in [0.1, 0.15) is 0 Å². The van der Waals surface area contributed by atoms with Crippen molar-refractivity contribution in [3.05, 3.63) is 24.4 Å². The van der Waals surface area contributed by atoms with Crippen LogP contribution in [0, 0.1) is 0 Å². The Morgan fingerprint density at radius 1 is 1.54 bits per heavy atom. The van der Waals surface area contributed by atoms with Gasteiger partial charge in [0.15, 0.2) is 0 Å². The Labute approximate surface area is 76.1 Å². The number of fused-ring (bicyclic) bond motifs is 1. The van der Waals surface area contributed by atoms with Crippen LogP contribution in [0.2, 0.25) is 0 Å². The number of rotatable bonds is 2. The zero-order valence-electron chi connectivity index (χ0n) is 7.27. The first-order valence-corrected chi connectivity index (χ1v) is 3.96. The van der Waals surface area contributed by atoms with Crippen molar-refractivity contribution in [2.45, 2.75) is 0 Å². The van der Waals surface area contributed by atoms with Crippen LogP contribution in [0.3, 0.4) is 0 Å². The molecule has 0 aliphatic rings. The predicted molar refractivity (Wildman–Crippen MR) is 50.7 cm³/mol. The molecule has 1 heterocycles. The molecule has 1 N–H and O–H groups in total. The minimum absolute atomic E-state index is 0.300. The molecule has 0 aliphatic heterocycles. The lowest BCUT2D eigenvalue weighted by Crippen LogP contribution is -1.98. The monoisotopic (exact) mass is 176 g/mol. The first-order chi connectivity index (χ1) is 6.29. The fourth-order valence-corrected chi connectivity index (χ4v) is 1.29. The van der Waals surface area contributed by atoms with Gasteiger partial charge in [0.05, 0.1) is 5.52 Å². The largest absolute Gasteiger partial charge is 0.539 e. The zero-order chi connectivity index (χ0) is 9.26. The van der Waals surface area contributed by atoms with E-state index in [2.05, 4.69) is 5.10 Å². The number of hydrogen-bond donors (Lipinski definition) is 1. The summed E-state index contributed by atoms with van der Waals surface area (Å²) in [5.41, 5.74) is 0.924. The van der Waals surface area contributed by atoms with Crippen LogP contribution in [0.5, 0.6) is 5.75 Å². The molecule has 1 aromatic heterocycles. The van der Waals surface area contributed by atoms with Gasteiger partial charge < -0.3 is 9.68 Å². The molecule has 0 unspecified atom stereocenters. The van der Waals surface area contributed by atoms with Crippen LogP contribution >= 0.6 is 0 Å². The maximum absolute atomic E-state index is 8.55. The molecule has 13 heavy (non-hydrogen) atoms. The molecule has 66 valence electrons. The second-order valence-electron chi connectivity index (χ2n) is 2.80. The summed E-state index contributed by atoms with van der Waals surface area (Å²) in [6, 6.07) is 5.49. The molecular formula is C8H9BN2O2. The minimum Gasteiger partial charge on any atom is -0.539 e. The van der Waals surface area contributed by atoms with Gasteiger partial charge in [0.2, 0.25) is 0 Å². The molecule has 0 saturated heterocycles. The summed E-state index contributed by atoms with van der Waals surface area (Å²) in [5.74, 6) is 0.656. The first kappa shape index (κ1) is 8.13. The third kappa shape index (κ3) is 1.50. The smallest absolute Gasteiger partial charge is 0.504 e. The van der Waals surface area contributed by atoms with E-state index in [1.807, 2.05) is 25.4 Å². The van der Waals surface area contributed by atoms with Crippen molar-refractivity contribution < 1.29 is 9.68 Å². The summed E-state index contributed by atoms with van der Waals surface area (Å²) < 4.78 is 6.69. The Morgan fingerprint density at radius 3 is 3.15 bits per heavy atom. The molecule has 5 heteroatoms. The highest BCUT2D eigenvalue weighted by atomic mass is 16.5. The highest BCUT2D eigenvalue weighted by molar-refractivity contribution is 6.17. The average molecular weight is 176 g/mol. The molecule has 0 aliphatic carbocycles. The number of benzene rings is 1. The van der Waals surface area contributed by atoms with Gasteiger partial charge in [0.25, 0.3) is 0 Å². The quantitative estimate of drug-likeness (QED) is 0.665. The number of aryl methyl sites for hydroxylation is 1. The van der Waals surface area contributed by atoms with E-state index in [0.717, 1.165) is 10.9 Å². The Morgan fingerprint density at radius 2 is 2.38 bits per heavy atom. The highest BCUT2D eigenvalue weighted by Crippen LogP contribution is 2.18. The van der Waals surface area contributed by atoms with Gasteiger partial charge in [-0.25, -0.2) is 0 Å². The molecule has 4 nitrogen and oxygen atoms in total. The average Bonchev–Trinajstić information content (AvgIpc) is 2.44. The van der Waals surface area contributed by atoms with E-state index in [4.69, 9.17) is 9.68 Å². The van der Waals surface area contributed by atoms with Crippen molar-refractivity contribution in [3.8, 4) is 5.75 Å². The Balaban J connectivity index is 2.48. The van der Waals surface area contributed by atoms with Crippen LogP contribution in [0.25, 0.3) is 10.9 Å². The molecule has 0 bridgehead atoms. The second kappa shape index (κ2) is 3.10. The third-order valence-corrected chi connectivity index (χ3v) is 1.82. The zero-order valence-corrected chi connectivity index (χ0v) is 7.27. The van der Waals surface area contributed by atoms with Crippen molar-refractivity contribution in [1.82, 2.24) is 9.78 Å². The van der Waals surface area contributed by atoms with Crippen molar-refractivity contribution in [1.29, 1.82) is 0 Å². The van der Waals surface area contributed by atoms with Crippen molar-refractivity contribution in [3.63, 3.8) is 0 Å². The van der Waals surface area contributed by atoms with E-state index < -0.39 is 0 Å². The van der Waals surface area contributed by atoms with Crippen LogP contribution in [0.4, 0.5) is 0 Å². The number of nitrogens with zero attached hydrogens (tertiary/aromatic N) is 2. The van der Waals surface area contributed by atoms with Gasteiger partial charge in [-0.3, -0.25) is 4.68 Å². The molecule has 0 saturated carbocycles. The third-order valence-electron chi connectivity index (χ3n) is 1.82. The van der Waals surface area contributed by atoms with Gasteiger partial charge in [0, 0.05) is 18.6 Å². The maximum Gasteiger partial charge on any atom is 0.504 e. The van der Waals surface area contributed by atoms with Gasteiger partial charge in [-0.05, 0) is 18.2 Å². The predicted octanol–water partition coefficient (Wildman–Crippen LogP) is 0.211. The fourth-order valence-electron chi connectivity index (χ4n) is 1.29. The van der Waals surface area contributed by atoms with Gasteiger partial charge >= 0.3 is 7.69 Å². The van der Waals surface area contributed by atoms with E-state index in [0.29, 0.717) is 5.75 Å². The molecule has 0 radical (unpaired) electrons. The van der Waals surface area contributed by atoms with Crippen molar-refractivity contribution in [2.75, 3.05) is 0 Å². The Kier molecular flexibility index (Phi) is 1.94. The molecule has 0 atom stereocenters. The normalized spacial score (nSPS) is 10.3. The van der Waals surface area contributed by atoms with Crippen molar-refractivity contribution in [2.24, 2.45) is 7.05 Å². The van der Waals surface area contributed by atoms with Crippen LogP contribution in [-0.2, 0) is 7.05 Å². The van der Waals surface area contributed by atoms with Crippen molar-refractivity contribution >= 4 is 18.6 Å². The summed E-state index contributed by atoms with van der Waals surface area (Å²) in [5, 5.41) is 13.8. The Bertz CT molecular complexity index is 427. The summed E-state index contributed by atoms with van der Waals surface area (Å²) in [6.07, 6.45) is 1.90. The standard InChI is InChI=1S/C8H9BN2O2/c1-11-5-6-4-7(13-9-12)2-3-8(6)10-11/h2-5,9,12H,1H3. The van der Waals surface area contributed by atoms with Crippen LogP contribution in [0.15, 0.2) is 24.4 Å². The summed E-state index contributed by atoms with van der Waals surface area (Å²) in [6.45, 7) is 0. The number of aromatic nitrogens is 2. The highest BCUT2D eigenvalue weighted by Gasteiger charge is 2.00. The van der Waals surface area contributed by atoms with Crippen LogP contribution < -0.4 is 4.65 Å². The summed E-state index contributed by atoms with van der Waals surface area (Å²) in [7, 11) is 1.57.